The van der Waals surface area contributed by atoms with Crippen molar-refractivity contribution in [3.63, 3.8) is 0 Å². The zero-order chi connectivity index (χ0) is 22.4. The van der Waals surface area contributed by atoms with E-state index in [9.17, 15) is 0 Å². The number of ether oxygens (including phenoxy) is 1. The number of H-pyrrole nitrogens is 1. The molecular formula is C26H26N6O. The summed E-state index contributed by atoms with van der Waals surface area (Å²) in [5.74, 6) is 1.34. The highest BCUT2D eigenvalue weighted by Gasteiger charge is 2.42. The van der Waals surface area contributed by atoms with Crippen LogP contribution in [0.15, 0.2) is 83.0 Å². The molecule has 2 atom stereocenters. The van der Waals surface area contributed by atoms with Crippen molar-refractivity contribution in [2.24, 2.45) is 15.8 Å². The Balaban J connectivity index is 1.45. The van der Waals surface area contributed by atoms with Crippen molar-refractivity contribution in [2.45, 2.75) is 36.9 Å². The first-order valence-corrected chi connectivity index (χ1v) is 11.3. The molecule has 0 spiro atoms. The monoisotopic (exact) mass is 438 g/mol. The molecule has 0 radical (unpaired) electrons. The summed E-state index contributed by atoms with van der Waals surface area (Å²) in [7, 11) is 1.63. The van der Waals surface area contributed by atoms with E-state index in [0.717, 1.165) is 41.1 Å². The SMILES string of the molecule is COC1=NN2C(=NC(c3ccc(C4(N)CCC4)cc3)C2c2ccccc2)C(c2ccn[nH]2)=C1. The van der Waals surface area contributed by atoms with E-state index < -0.39 is 0 Å². The number of hydrogen-bond acceptors (Lipinski definition) is 6. The van der Waals surface area contributed by atoms with Crippen LogP contribution in [-0.4, -0.2) is 34.0 Å². The molecule has 1 aromatic heterocycles. The molecule has 2 aliphatic heterocycles. The maximum atomic E-state index is 6.56. The van der Waals surface area contributed by atoms with Gasteiger partial charge in [-0.05, 0) is 42.0 Å². The van der Waals surface area contributed by atoms with Gasteiger partial charge in [-0.3, -0.25) is 10.1 Å². The van der Waals surface area contributed by atoms with Gasteiger partial charge in [-0.25, -0.2) is 5.01 Å². The summed E-state index contributed by atoms with van der Waals surface area (Å²) in [4.78, 5) is 5.20. The van der Waals surface area contributed by atoms with Gasteiger partial charge in [0.2, 0.25) is 5.90 Å². The number of aromatic nitrogens is 2. The van der Waals surface area contributed by atoms with Gasteiger partial charge in [-0.15, -0.1) is 5.10 Å². The number of hydrogen-bond donors (Lipinski definition) is 2. The molecule has 1 saturated carbocycles. The maximum absolute atomic E-state index is 6.56. The van der Waals surface area contributed by atoms with Gasteiger partial charge < -0.3 is 10.5 Å². The summed E-state index contributed by atoms with van der Waals surface area (Å²) >= 11 is 0. The van der Waals surface area contributed by atoms with Gasteiger partial charge >= 0.3 is 0 Å². The van der Waals surface area contributed by atoms with E-state index in [1.165, 1.54) is 12.0 Å². The molecule has 3 heterocycles. The third-order valence-corrected chi connectivity index (χ3v) is 6.97. The van der Waals surface area contributed by atoms with E-state index in [-0.39, 0.29) is 17.6 Å². The fourth-order valence-corrected chi connectivity index (χ4v) is 4.95. The second kappa shape index (κ2) is 7.71. The third kappa shape index (κ3) is 3.27. The van der Waals surface area contributed by atoms with Gasteiger partial charge in [-0.1, -0.05) is 54.6 Å². The fraction of sp³-hybridized carbons (Fsp3) is 0.269. The van der Waals surface area contributed by atoms with Crippen LogP contribution in [0.2, 0.25) is 0 Å². The Labute approximate surface area is 192 Å². The van der Waals surface area contributed by atoms with Gasteiger partial charge in [0.1, 0.15) is 12.1 Å². The summed E-state index contributed by atoms with van der Waals surface area (Å²) in [6.07, 6.45) is 6.94. The standard InChI is InChI=1S/C26H26N6O/c1-33-22-16-20(21-12-15-28-30-21)25-29-23(24(32(25)31-22)18-6-3-2-4-7-18)17-8-10-19(11-9-17)26(27)13-5-14-26/h2-4,6-12,15-16,23-24H,5,13-14,27H2,1H3,(H,28,30). The van der Waals surface area contributed by atoms with Crippen LogP contribution in [0.5, 0.6) is 0 Å². The van der Waals surface area contributed by atoms with Crippen LogP contribution in [-0.2, 0) is 10.3 Å². The Kier molecular flexibility index (Phi) is 4.66. The van der Waals surface area contributed by atoms with Crippen LogP contribution in [0, 0.1) is 0 Å². The molecule has 0 bridgehead atoms. The lowest BCUT2D eigenvalue weighted by atomic mass is 9.72. The Morgan fingerprint density at radius 2 is 1.82 bits per heavy atom. The number of aromatic amines is 1. The number of hydrazone groups is 1. The quantitative estimate of drug-likeness (QED) is 0.635. The van der Waals surface area contributed by atoms with Crippen LogP contribution in [0.4, 0.5) is 0 Å². The van der Waals surface area contributed by atoms with E-state index in [4.69, 9.17) is 20.6 Å². The van der Waals surface area contributed by atoms with Crippen molar-refractivity contribution < 1.29 is 4.74 Å². The molecule has 7 nitrogen and oxygen atoms in total. The Morgan fingerprint density at radius 1 is 1.03 bits per heavy atom. The molecular weight excluding hydrogens is 412 g/mol. The van der Waals surface area contributed by atoms with E-state index in [2.05, 4.69) is 58.7 Å². The van der Waals surface area contributed by atoms with E-state index in [0.29, 0.717) is 5.90 Å². The molecule has 0 amide bonds. The summed E-state index contributed by atoms with van der Waals surface area (Å²) < 4.78 is 5.55. The zero-order valence-electron chi connectivity index (χ0n) is 18.5. The van der Waals surface area contributed by atoms with Crippen LogP contribution < -0.4 is 5.73 Å². The number of amidine groups is 1. The third-order valence-electron chi connectivity index (χ3n) is 6.97. The predicted molar refractivity (Wildman–Crippen MR) is 128 cm³/mol. The molecule has 1 fully saturated rings. The van der Waals surface area contributed by atoms with Gasteiger partial charge in [-0.2, -0.15) is 5.10 Å². The number of rotatable bonds is 4. The first-order chi connectivity index (χ1) is 16.2. The molecule has 7 heteroatoms. The molecule has 2 aromatic carbocycles. The second-order valence-electron chi connectivity index (χ2n) is 8.90. The minimum Gasteiger partial charge on any atom is -0.480 e. The van der Waals surface area contributed by atoms with Crippen molar-refractivity contribution in [1.82, 2.24) is 15.2 Å². The summed E-state index contributed by atoms with van der Waals surface area (Å²) in [6.45, 7) is 0. The molecule has 33 heavy (non-hydrogen) atoms. The van der Waals surface area contributed by atoms with Gasteiger partial charge in [0.25, 0.3) is 0 Å². The lowest BCUT2D eigenvalue weighted by molar-refractivity contribution is 0.253. The average molecular weight is 439 g/mol. The molecule has 3 aromatic rings. The largest absolute Gasteiger partial charge is 0.480 e. The van der Waals surface area contributed by atoms with E-state index in [1.54, 1.807) is 13.3 Å². The highest BCUT2D eigenvalue weighted by Crippen LogP contribution is 2.46. The second-order valence-corrected chi connectivity index (χ2v) is 8.90. The summed E-state index contributed by atoms with van der Waals surface area (Å²) in [6, 6.07) is 20.8. The smallest absolute Gasteiger partial charge is 0.231 e. The average Bonchev–Trinajstić information content (AvgIpc) is 3.51. The van der Waals surface area contributed by atoms with Crippen LogP contribution in [0.3, 0.4) is 0 Å². The molecule has 6 rings (SSSR count). The Morgan fingerprint density at radius 3 is 2.45 bits per heavy atom. The highest BCUT2D eigenvalue weighted by atomic mass is 16.5. The van der Waals surface area contributed by atoms with Gasteiger partial charge in [0, 0.05) is 23.4 Å². The van der Waals surface area contributed by atoms with Crippen LogP contribution >= 0.6 is 0 Å². The van der Waals surface area contributed by atoms with Crippen molar-refractivity contribution in [2.75, 3.05) is 7.11 Å². The van der Waals surface area contributed by atoms with Crippen molar-refractivity contribution in [3.05, 3.63) is 95.3 Å². The van der Waals surface area contributed by atoms with Crippen molar-refractivity contribution >= 4 is 17.3 Å². The van der Waals surface area contributed by atoms with Crippen molar-refractivity contribution in [3.8, 4) is 0 Å². The molecule has 1 aliphatic carbocycles. The number of aliphatic imine (C=N–C) groups is 1. The zero-order valence-corrected chi connectivity index (χ0v) is 18.5. The minimum absolute atomic E-state index is 0.0978. The summed E-state index contributed by atoms with van der Waals surface area (Å²) in [5, 5.41) is 14.0. The van der Waals surface area contributed by atoms with E-state index >= 15 is 0 Å². The topological polar surface area (TPSA) is 91.9 Å². The fourth-order valence-electron chi connectivity index (χ4n) is 4.95. The normalized spacial score (nSPS) is 23.2. The number of methoxy groups -OCH3 is 1. The first kappa shape index (κ1) is 19.9. The number of nitrogens with two attached hydrogens (primary N) is 1. The Bertz CT molecular complexity index is 1240. The number of fused-ring (bicyclic) bond motifs is 1. The lowest BCUT2D eigenvalue weighted by Gasteiger charge is -2.38. The van der Waals surface area contributed by atoms with Gasteiger partial charge in [0.05, 0.1) is 12.8 Å². The minimum atomic E-state index is -0.176. The predicted octanol–water partition coefficient (Wildman–Crippen LogP) is 4.30. The number of benzene rings is 2. The van der Waals surface area contributed by atoms with Crippen LogP contribution in [0.25, 0.3) is 5.57 Å². The summed E-state index contributed by atoms with van der Waals surface area (Å²) in [5.41, 5.74) is 11.7. The number of nitrogens with one attached hydrogen (secondary N) is 1. The Hall–Kier alpha value is -3.71. The van der Waals surface area contributed by atoms with Gasteiger partial charge in [0.15, 0.2) is 5.84 Å². The van der Waals surface area contributed by atoms with E-state index in [1.807, 2.05) is 23.2 Å². The first-order valence-electron chi connectivity index (χ1n) is 11.3. The van der Waals surface area contributed by atoms with Crippen molar-refractivity contribution in [1.29, 1.82) is 0 Å². The molecule has 3 aliphatic rings. The molecule has 166 valence electrons. The molecule has 3 N–H and O–H groups in total. The highest BCUT2D eigenvalue weighted by molar-refractivity contribution is 6.28. The molecule has 2 unspecified atom stereocenters. The molecule has 0 saturated heterocycles. The maximum Gasteiger partial charge on any atom is 0.231 e. The lowest BCUT2D eigenvalue weighted by Crippen LogP contribution is -2.43. The van der Waals surface area contributed by atoms with Crippen LogP contribution in [0.1, 0.15) is 53.7 Å². The number of nitrogens with zero attached hydrogens (tertiary/aromatic N) is 4.